The predicted molar refractivity (Wildman–Crippen MR) is 89.1 cm³/mol. The van der Waals surface area contributed by atoms with Gasteiger partial charge in [-0.15, -0.1) is 0 Å². The van der Waals surface area contributed by atoms with Crippen LogP contribution in [0.2, 0.25) is 0 Å². The number of hydrogen-bond donors (Lipinski definition) is 3. The zero-order chi connectivity index (χ0) is 17.8. The summed E-state index contributed by atoms with van der Waals surface area (Å²) < 4.78 is 23.4. The summed E-state index contributed by atoms with van der Waals surface area (Å²) in [5.41, 5.74) is -0.247. The Hall–Kier alpha value is -2.09. The maximum absolute atomic E-state index is 12.0. The molecule has 1 aromatic rings. The smallest absolute Gasteiger partial charge is 0.319 e. The molecule has 0 fully saturated rings. The summed E-state index contributed by atoms with van der Waals surface area (Å²) in [7, 11) is -3.47. The number of anilines is 1. The Morgan fingerprint density at radius 1 is 1.13 bits per heavy atom. The molecule has 3 amide bonds. The van der Waals surface area contributed by atoms with E-state index in [0.29, 0.717) is 0 Å². The molecule has 1 unspecified atom stereocenters. The van der Waals surface area contributed by atoms with Crippen LogP contribution in [-0.2, 0) is 14.6 Å². The summed E-state index contributed by atoms with van der Waals surface area (Å²) in [6, 6.07) is 4.65. The van der Waals surface area contributed by atoms with E-state index < -0.39 is 27.4 Å². The number of rotatable bonds is 4. The molecule has 0 heterocycles. The molecule has 0 aromatic heterocycles. The molecule has 3 N–H and O–H groups in total. The van der Waals surface area contributed by atoms with Crippen molar-refractivity contribution in [3.8, 4) is 0 Å². The maximum atomic E-state index is 12.0. The van der Waals surface area contributed by atoms with E-state index in [1.165, 1.54) is 12.1 Å². The molecule has 1 atom stereocenters. The van der Waals surface area contributed by atoms with Crippen molar-refractivity contribution in [1.82, 2.24) is 10.6 Å². The third-order valence-electron chi connectivity index (χ3n) is 2.77. The van der Waals surface area contributed by atoms with Gasteiger partial charge in [-0.25, -0.2) is 13.2 Å². The summed E-state index contributed by atoms with van der Waals surface area (Å²) in [5, 5.41) is 7.68. The van der Waals surface area contributed by atoms with Gasteiger partial charge < -0.3 is 16.0 Å². The summed E-state index contributed by atoms with van der Waals surface area (Å²) in [4.78, 5) is 23.9. The fraction of sp³-hybridized carbons (Fsp3) is 0.467. The van der Waals surface area contributed by atoms with E-state index in [9.17, 15) is 18.0 Å². The Balaban J connectivity index is 2.77. The predicted octanol–water partition coefficient (Wildman–Crippen LogP) is 1.51. The SMILES string of the molecule is CC(NC(=O)Nc1ccccc1S(C)(=O)=O)C(=O)NC(C)(C)C. The highest BCUT2D eigenvalue weighted by Crippen LogP contribution is 2.20. The van der Waals surface area contributed by atoms with Crippen LogP contribution in [0.4, 0.5) is 10.5 Å². The second-order valence-electron chi connectivity index (χ2n) is 6.33. The first-order valence-electron chi connectivity index (χ1n) is 7.09. The normalized spacial score (nSPS) is 13.1. The van der Waals surface area contributed by atoms with Crippen molar-refractivity contribution in [2.75, 3.05) is 11.6 Å². The molecular weight excluding hydrogens is 318 g/mol. The number of benzene rings is 1. The lowest BCUT2D eigenvalue weighted by atomic mass is 10.1. The standard InChI is InChI=1S/C15H23N3O4S/c1-10(13(19)18-15(2,3)4)16-14(20)17-11-8-6-7-9-12(11)23(5,21)22/h6-10H,1-5H3,(H,18,19)(H2,16,17,20). The Labute approximate surface area is 136 Å². The van der Waals surface area contributed by atoms with Crippen LogP contribution < -0.4 is 16.0 Å². The van der Waals surface area contributed by atoms with E-state index in [-0.39, 0.29) is 16.5 Å². The highest BCUT2D eigenvalue weighted by molar-refractivity contribution is 7.90. The lowest BCUT2D eigenvalue weighted by molar-refractivity contribution is -0.123. The van der Waals surface area contributed by atoms with E-state index in [4.69, 9.17) is 0 Å². The molecule has 0 radical (unpaired) electrons. The number of hydrogen-bond acceptors (Lipinski definition) is 4. The third-order valence-corrected chi connectivity index (χ3v) is 3.93. The molecule has 0 saturated heterocycles. The van der Waals surface area contributed by atoms with Gasteiger partial charge >= 0.3 is 6.03 Å². The minimum Gasteiger partial charge on any atom is -0.350 e. The van der Waals surface area contributed by atoms with Crippen molar-refractivity contribution in [1.29, 1.82) is 0 Å². The molecule has 128 valence electrons. The van der Waals surface area contributed by atoms with Gasteiger partial charge in [-0.05, 0) is 39.8 Å². The van der Waals surface area contributed by atoms with Gasteiger partial charge in [-0.2, -0.15) is 0 Å². The molecule has 0 saturated carbocycles. The van der Waals surface area contributed by atoms with Gasteiger partial charge in [-0.1, -0.05) is 12.1 Å². The molecular formula is C15H23N3O4S. The monoisotopic (exact) mass is 341 g/mol. The third kappa shape index (κ3) is 6.27. The first kappa shape index (κ1) is 19.0. The fourth-order valence-corrected chi connectivity index (χ4v) is 2.64. The zero-order valence-electron chi connectivity index (χ0n) is 13.9. The average molecular weight is 341 g/mol. The van der Waals surface area contributed by atoms with Crippen LogP contribution in [-0.4, -0.2) is 38.2 Å². The van der Waals surface area contributed by atoms with Crippen LogP contribution in [0.25, 0.3) is 0 Å². The number of urea groups is 1. The van der Waals surface area contributed by atoms with Gasteiger partial charge in [-0.3, -0.25) is 4.79 Å². The van der Waals surface area contributed by atoms with Gasteiger partial charge in [0.05, 0.1) is 10.6 Å². The van der Waals surface area contributed by atoms with Crippen molar-refractivity contribution < 1.29 is 18.0 Å². The summed E-state index contributed by atoms with van der Waals surface area (Å²) in [6.07, 6.45) is 1.06. The van der Waals surface area contributed by atoms with E-state index in [1.54, 1.807) is 19.1 Å². The van der Waals surface area contributed by atoms with Gasteiger partial charge in [0, 0.05) is 11.8 Å². The molecule has 0 aliphatic rings. The van der Waals surface area contributed by atoms with Crippen molar-refractivity contribution in [2.24, 2.45) is 0 Å². The van der Waals surface area contributed by atoms with Gasteiger partial charge in [0.1, 0.15) is 6.04 Å². The number of nitrogens with one attached hydrogen (secondary N) is 3. The average Bonchev–Trinajstić information content (AvgIpc) is 2.35. The molecule has 23 heavy (non-hydrogen) atoms. The van der Waals surface area contributed by atoms with Crippen LogP contribution in [0.5, 0.6) is 0 Å². The topological polar surface area (TPSA) is 104 Å². The van der Waals surface area contributed by atoms with Crippen LogP contribution >= 0.6 is 0 Å². The van der Waals surface area contributed by atoms with Crippen molar-refractivity contribution >= 4 is 27.5 Å². The first-order valence-corrected chi connectivity index (χ1v) is 8.98. The Kier molecular flexibility index (Phi) is 5.76. The Bertz CT molecular complexity index is 693. The number of sulfone groups is 1. The van der Waals surface area contributed by atoms with E-state index in [1.807, 2.05) is 20.8 Å². The lowest BCUT2D eigenvalue weighted by Crippen LogP contribution is -2.51. The molecule has 0 aliphatic carbocycles. The second kappa shape index (κ2) is 6.99. The van der Waals surface area contributed by atoms with Gasteiger partial charge in [0.15, 0.2) is 9.84 Å². The van der Waals surface area contributed by atoms with E-state index in [0.717, 1.165) is 6.26 Å². The number of para-hydroxylation sites is 1. The number of amides is 3. The molecule has 0 bridgehead atoms. The quantitative estimate of drug-likeness (QED) is 0.772. The summed E-state index contributed by atoms with van der Waals surface area (Å²) in [5.74, 6) is -0.330. The zero-order valence-corrected chi connectivity index (χ0v) is 14.7. The van der Waals surface area contributed by atoms with Crippen molar-refractivity contribution in [3.05, 3.63) is 24.3 Å². The van der Waals surface area contributed by atoms with Crippen molar-refractivity contribution in [3.63, 3.8) is 0 Å². The van der Waals surface area contributed by atoms with Gasteiger partial charge in [0.25, 0.3) is 0 Å². The molecule has 7 nitrogen and oxygen atoms in total. The largest absolute Gasteiger partial charge is 0.350 e. The highest BCUT2D eigenvalue weighted by Gasteiger charge is 2.21. The van der Waals surface area contributed by atoms with Gasteiger partial charge in [0.2, 0.25) is 5.91 Å². The first-order chi connectivity index (χ1) is 10.4. The maximum Gasteiger partial charge on any atom is 0.319 e. The molecule has 1 rings (SSSR count). The highest BCUT2D eigenvalue weighted by atomic mass is 32.2. The molecule has 0 aliphatic heterocycles. The van der Waals surface area contributed by atoms with Crippen LogP contribution in [0, 0.1) is 0 Å². The van der Waals surface area contributed by atoms with Crippen LogP contribution in [0.15, 0.2) is 29.2 Å². The Morgan fingerprint density at radius 3 is 2.22 bits per heavy atom. The number of carbonyl (C=O) groups is 2. The Morgan fingerprint density at radius 2 is 1.70 bits per heavy atom. The van der Waals surface area contributed by atoms with Crippen molar-refractivity contribution in [2.45, 2.75) is 44.2 Å². The van der Waals surface area contributed by atoms with E-state index in [2.05, 4.69) is 16.0 Å². The molecule has 1 aromatic carbocycles. The minimum absolute atomic E-state index is 0.0157. The van der Waals surface area contributed by atoms with Crippen LogP contribution in [0.1, 0.15) is 27.7 Å². The number of carbonyl (C=O) groups excluding carboxylic acids is 2. The molecule has 0 spiro atoms. The van der Waals surface area contributed by atoms with Crippen LogP contribution in [0.3, 0.4) is 0 Å². The second-order valence-corrected chi connectivity index (χ2v) is 8.31. The summed E-state index contributed by atoms with van der Waals surface area (Å²) in [6.45, 7) is 7.04. The summed E-state index contributed by atoms with van der Waals surface area (Å²) >= 11 is 0. The fourth-order valence-electron chi connectivity index (χ4n) is 1.79. The minimum atomic E-state index is -3.47. The molecule has 8 heteroatoms. The lowest BCUT2D eigenvalue weighted by Gasteiger charge is -2.23. The van der Waals surface area contributed by atoms with E-state index >= 15 is 0 Å².